The van der Waals surface area contributed by atoms with Crippen molar-refractivity contribution in [1.82, 2.24) is 14.7 Å². The van der Waals surface area contributed by atoms with Crippen LogP contribution in [0, 0.1) is 6.92 Å². The second kappa shape index (κ2) is 7.58. The molecule has 6 heteroatoms. The van der Waals surface area contributed by atoms with Crippen LogP contribution in [-0.2, 0) is 7.05 Å². The zero-order valence-electron chi connectivity index (χ0n) is 15.1. The minimum absolute atomic E-state index is 0.0385. The van der Waals surface area contributed by atoms with Crippen LogP contribution < -0.4 is 16.2 Å². The lowest BCUT2D eigenvalue weighted by Gasteiger charge is -2.16. The molecular weight excluding hydrogens is 344 g/mol. The average Bonchev–Trinajstić information content (AvgIpc) is 2.86. The third-order valence-corrected chi connectivity index (χ3v) is 4.66. The number of hydrogen-bond donors (Lipinski definition) is 2. The van der Waals surface area contributed by atoms with Gasteiger partial charge in [0.1, 0.15) is 5.69 Å². The van der Waals surface area contributed by atoms with Crippen molar-refractivity contribution in [3.8, 4) is 5.69 Å². The van der Waals surface area contributed by atoms with E-state index in [1.54, 1.807) is 4.68 Å². The quantitative estimate of drug-likeness (QED) is 0.694. The monoisotopic (exact) mass is 366 g/mol. The van der Waals surface area contributed by atoms with Crippen LogP contribution in [0.1, 0.15) is 24.2 Å². The predicted molar refractivity (Wildman–Crippen MR) is 110 cm³/mol. The van der Waals surface area contributed by atoms with Gasteiger partial charge in [-0.2, -0.15) is 0 Å². The van der Waals surface area contributed by atoms with Gasteiger partial charge in [-0.25, -0.2) is 4.68 Å². The van der Waals surface area contributed by atoms with Crippen molar-refractivity contribution in [3.05, 3.63) is 82.3 Å². The molecule has 0 saturated carbocycles. The van der Waals surface area contributed by atoms with Crippen molar-refractivity contribution in [1.29, 1.82) is 0 Å². The summed E-state index contributed by atoms with van der Waals surface area (Å²) in [5.74, 6) is 0. The molecule has 1 aromatic heterocycles. The zero-order valence-corrected chi connectivity index (χ0v) is 15.9. The summed E-state index contributed by atoms with van der Waals surface area (Å²) in [4.78, 5) is 12.9. The van der Waals surface area contributed by atoms with Gasteiger partial charge in [-0.3, -0.25) is 9.48 Å². The highest BCUT2D eigenvalue weighted by atomic mass is 32.1. The van der Waals surface area contributed by atoms with Gasteiger partial charge in [0.25, 0.3) is 5.56 Å². The number of nitrogens with zero attached hydrogens (tertiary/aromatic N) is 2. The maximum Gasteiger partial charge on any atom is 0.295 e. The number of thiocarbonyl (C=S) groups is 1. The van der Waals surface area contributed by atoms with Crippen LogP contribution in [0.2, 0.25) is 0 Å². The lowest BCUT2D eigenvalue weighted by Crippen LogP contribution is -2.33. The van der Waals surface area contributed by atoms with Crippen LogP contribution >= 0.6 is 12.2 Å². The SMILES string of the molecule is Cc1c(NC(=S)NC(C)c2ccccc2)c(=O)n(-c2ccccc2)n1C. The first kappa shape index (κ1) is 17.9. The Morgan fingerprint density at radius 2 is 1.62 bits per heavy atom. The number of anilines is 1. The molecular formula is C20H22N4OS. The largest absolute Gasteiger partial charge is 0.356 e. The van der Waals surface area contributed by atoms with Crippen molar-refractivity contribution in [2.45, 2.75) is 19.9 Å². The zero-order chi connectivity index (χ0) is 18.7. The molecule has 0 spiro atoms. The Bertz CT molecular complexity index is 961. The Morgan fingerprint density at radius 3 is 2.23 bits per heavy atom. The molecule has 5 nitrogen and oxygen atoms in total. The Labute approximate surface area is 158 Å². The Balaban J connectivity index is 1.82. The summed E-state index contributed by atoms with van der Waals surface area (Å²) in [5, 5.41) is 6.73. The van der Waals surface area contributed by atoms with E-state index in [-0.39, 0.29) is 11.6 Å². The van der Waals surface area contributed by atoms with Crippen LogP contribution in [0.15, 0.2) is 65.5 Å². The Hall–Kier alpha value is -2.86. The lowest BCUT2D eigenvalue weighted by molar-refractivity contribution is 0.630. The Kier molecular flexibility index (Phi) is 5.23. The molecule has 0 saturated heterocycles. The molecule has 1 heterocycles. The Morgan fingerprint density at radius 1 is 1.04 bits per heavy atom. The highest BCUT2D eigenvalue weighted by Crippen LogP contribution is 2.15. The topological polar surface area (TPSA) is 51.0 Å². The van der Waals surface area contributed by atoms with Gasteiger partial charge in [0.15, 0.2) is 5.11 Å². The van der Waals surface area contributed by atoms with Gasteiger partial charge in [0, 0.05) is 7.05 Å². The van der Waals surface area contributed by atoms with Gasteiger partial charge in [-0.1, -0.05) is 48.5 Å². The van der Waals surface area contributed by atoms with E-state index in [2.05, 4.69) is 10.6 Å². The van der Waals surface area contributed by atoms with Crippen LogP contribution in [0.3, 0.4) is 0 Å². The molecule has 0 bridgehead atoms. The highest BCUT2D eigenvalue weighted by molar-refractivity contribution is 7.80. The van der Waals surface area contributed by atoms with E-state index in [0.717, 1.165) is 16.9 Å². The van der Waals surface area contributed by atoms with Crippen molar-refractivity contribution >= 4 is 23.0 Å². The van der Waals surface area contributed by atoms with Crippen LogP contribution in [0.5, 0.6) is 0 Å². The van der Waals surface area contributed by atoms with Gasteiger partial charge in [0.2, 0.25) is 0 Å². The lowest BCUT2D eigenvalue weighted by atomic mass is 10.1. The standard InChI is InChI=1S/C20H22N4OS/c1-14(16-10-6-4-7-11-16)21-20(26)22-18-15(2)23(3)24(19(18)25)17-12-8-5-9-13-17/h4-14H,1-3H3,(H2,21,22,26). The molecule has 3 aromatic rings. The fourth-order valence-corrected chi connectivity index (χ4v) is 3.16. The summed E-state index contributed by atoms with van der Waals surface area (Å²) < 4.78 is 3.45. The van der Waals surface area contributed by atoms with E-state index in [0.29, 0.717) is 10.8 Å². The van der Waals surface area contributed by atoms with Crippen LogP contribution in [0.4, 0.5) is 5.69 Å². The molecule has 0 amide bonds. The molecule has 26 heavy (non-hydrogen) atoms. The van der Waals surface area contributed by atoms with Crippen LogP contribution in [0.25, 0.3) is 5.69 Å². The number of rotatable bonds is 4. The second-order valence-corrected chi connectivity index (χ2v) is 6.58. The van der Waals surface area contributed by atoms with Gasteiger partial charge < -0.3 is 10.6 Å². The maximum absolute atomic E-state index is 12.9. The number of nitrogens with one attached hydrogen (secondary N) is 2. The number of para-hydroxylation sites is 1. The fraction of sp³-hybridized carbons (Fsp3) is 0.200. The summed E-state index contributed by atoms with van der Waals surface area (Å²) in [7, 11) is 1.86. The molecule has 0 aliphatic heterocycles. The number of benzene rings is 2. The summed E-state index contributed by atoms with van der Waals surface area (Å²) >= 11 is 5.42. The van der Waals surface area contributed by atoms with E-state index < -0.39 is 0 Å². The summed E-state index contributed by atoms with van der Waals surface area (Å²) in [6.07, 6.45) is 0. The van der Waals surface area contributed by atoms with Gasteiger partial charge in [0.05, 0.1) is 17.4 Å². The second-order valence-electron chi connectivity index (χ2n) is 6.17. The first-order chi connectivity index (χ1) is 12.5. The minimum Gasteiger partial charge on any atom is -0.356 e. The molecule has 0 aliphatic rings. The highest BCUT2D eigenvalue weighted by Gasteiger charge is 2.17. The predicted octanol–water partition coefficient (Wildman–Crippen LogP) is 3.53. The van der Waals surface area contributed by atoms with Gasteiger partial charge in [-0.15, -0.1) is 0 Å². The van der Waals surface area contributed by atoms with Crippen molar-refractivity contribution in [2.75, 3.05) is 5.32 Å². The van der Waals surface area contributed by atoms with Crippen LogP contribution in [-0.4, -0.2) is 14.5 Å². The third-order valence-electron chi connectivity index (χ3n) is 4.44. The number of aromatic nitrogens is 2. The molecule has 0 fully saturated rings. The molecule has 0 radical (unpaired) electrons. The van der Waals surface area contributed by atoms with E-state index in [9.17, 15) is 4.79 Å². The summed E-state index contributed by atoms with van der Waals surface area (Å²) in [6, 6.07) is 19.6. The van der Waals surface area contributed by atoms with E-state index in [1.807, 2.05) is 86.2 Å². The normalized spacial score (nSPS) is 11.8. The number of hydrogen-bond acceptors (Lipinski definition) is 2. The van der Waals surface area contributed by atoms with Crippen molar-refractivity contribution in [3.63, 3.8) is 0 Å². The van der Waals surface area contributed by atoms with Gasteiger partial charge in [-0.05, 0) is 43.8 Å². The minimum atomic E-state index is -0.132. The molecule has 1 unspecified atom stereocenters. The van der Waals surface area contributed by atoms with E-state index in [4.69, 9.17) is 12.2 Å². The maximum atomic E-state index is 12.9. The summed E-state index contributed by atoms with van der Waals surface area (Å²) in [5.41, 5.74) is 3.10. The van der Waals surface area contributed by atoms with Gasteiger partial charge >= 0.3 is 0 Å². The third kappa shape index (κ3) is 3.55. The van der Waals surface area contributed by atoms with E-state index >= 15 is 0 Å². The summed E-state index contributed by atoms with van der Waals surface area (Å²) in [6.45, 7) is 3.93. The first-order valence-electron chi connectivity index (χ1n) is 8.45. The smallest absolute Gasteiger partial charge is 0.295 e. The van der Waals surface area contributed by atoms with Crippen molar-refractivity contribution in [2.24, 2.45) is 7.05 Å². The average molecular weight is 366 g/mol. The molecule has 0 aliphatic carbocycles. The molecule has 134 valence electrons. The molecule has 2 N–H and O–H groups in total. The molecule has 1 atom stereocenters. The van der Waals surface area contributed by atoms with E-state index in [1.165, 1.54) is 0 Å². The molecule has 2 aromatic carbocycles. The fourth-order valence-electron chi connectivity index (χ4n) is 2.88. The van der Waals surface area contributed by atoms with Crippen molar-refractivity contribution < 1.29 is 0 Å². The first-order valence-corrected chi connectivity index (χ1v) is 8.86. The molecule has 3 rings (SSSR count).